The van der Waals surface area contributed by atoms with Crippen LogP contribution in [0.3, 0.4) is 0 Å². The Morgan fingerprint density at radius 2 is 1.79 bits per heavy atom. The number of hydrogen-bond acceptors (Lipinski definition) is 5. The summed E-state index contributed by atoms with van der Waals surface area (Å²) in [7, 11) is 0. The van der Waals surface area contributed by atoms with Gasteiger partial charge in [0.1, 0.15) is 5.75 Å². The Kier molecular flexibility index (Phi) is 6.08. The van der Waals surface area contributed by atoms with E-state index >= 15 is 0 Å². The lowest BCUT2D eigenvalue weighted by atomic mass is 10.1. The monoisotopic (exact) mass is 381 g/mol. The van der Waals surface area contributed by atoms with Gasteiger partial charge in [0.25, 0.3) is 5.91 Å². The lowest BCUT2D eigenvalue weighted by Crippen LogP contribution is -2.43. The molecule has 28 heavy (non-hydrogen) atoms. The van der Waals surface area contributed by atoms with Gasteiger partial charge in [0.05, 0.1) is 19.5 Å². The van der Waals surface area contributed by atoms with Crippen LogP contribution in [0.2, 0.25) is 0 Å². The predicted molar refractivity (Wildman–Crippen MR) is 101 cm³/mol. The highest BCUT2D eigenvalue weighted by atomic mass is 16.5. The highest BCUT2D eigenvalue weighted by Gasteiger charge is 2.23. The first kappa shape index (κ1) is 19.2. The lowest BCUT2D eigenvalue weighted by molar-refractivity contribution is -0.141. The average Bonchev–Trinajstić information content (AvgIpc) is 3.18. The van der Waals surface area contributed by atoms with E-state index in [2.05, 4.69) is 5.32 Å². The van der Waals surface area contributed by atoms with Crippen molar-refractivity contribution in [3.05, 3.63) is 78.3 Å². The Balaban J connectivity index is 1.61. The molecule has 0 aliphatic heterocycles. The molecule has 0 saturated carbocycles. The number of nitrogens with one attached hydrogen (secondary N) is 1. The van der Waals surface area contributed by atoms with E-state index in [9.17, 15) is 19.8 Å². The van der Waals surface area contributed by atoms with Crippen LogP contribution in [0.4, 0.5) is 0 Å². The molecule has 0 saturated heterocycles. The van der Waals surface area contributed by atoms with Crippen LogP contribution in [0.5, 0.6) is 5.75 Å². The maximum Gasteiger partial charge on any atom is 0.328 e. The SMILES string of the molecule is O=C(N[C@@H](COCc1ccccc1)C(=O)O)c1cc(-c2ccccc2O)co1. The third-order valence-corrected chi connectivity index (χ3v) is 4.04. The predicted octanol–water partition coefficient (Wildman–Crippen LogP) is 3.05. The van der Waals surface area contributed by atoms with Crippen LogP contribution in [0.25, 0.3) is 11.1 Å². The van der Waals surface area contributed by atoms with E-state index in [-0.39, 0.29) is 24.7 Å². The first-order chi connectivity index (χ1) is 13.5. The molecule has 0 aliphatic rings. The van der Waals surface area contributed by atoms with Crippen molar-refractivity contribution in [2.24, 2.45) is 0 Å². The van der Waals surface area contributed by atoms with E-state index in [0.29, 0.717) is 11.1 Å². The van der Waals surface area contributed by atoms with Crippen LogP contribution in [0.15, 0.2) is 71.3 Å². The molecule has 0 radical (unpaired) electrons. The van der Waals surface area contributed by atoms with Crippen molar-refractivity contribution in [1.29, 1.82) is 0 Å². The second-order valence-corrected chi connectivity index (χ2v) is 6.08. The summed E-state index contributed by atoms with van der Waals surface area (Å²) >= 11 is 0. The molecule has 144 valence electrons. The van der Waals surface area contributed by atoms with Crippen molar-refractivity contribution < 1.29 is 29.0 Å². The first-order valence-corrected chi connectivity index (χ1v) is 8.57. The van der Waals surface area contributed by atoms with Crippen molar-refractivity contribution in [2.45, 2.75) is 12.6 Å². The number of para-hydroxylation sites is 1. The van der Waals surface area contributed by atoms with E-state index < -0.39 is 17.9 Å². The molecule has 0 spiro atoms. The molecule has 1 heterocycles. The minimum atomic E-state index is -1.23. The fourth-order valence-corrected chi connectivity index (χ4v) is 2.59. The van der Waals surface area contributed by atoms with Crippen LogP contribution in [0.1, 0.15) is 16.1 Å². The van der Waals surface area contributed by atoms with Gasteiger partial charge < -0.3 is 24.7 Å². The molecule has 0 bridgehead atoms. The number of carboxylic acids is 1. The number of phenols is 1. The van der Waals surface area contributed by atoms with Crippen LogP contribution < -0.4 is 5.32 Å². The molecule has 1 atom stereocenters. The van der Waals surface area contributed by atoms with E-state index in [0.717, 1.165) is 5.56 Å². The van der Waals surface area contributed by atoms with Crippen LogP contribution >= 0.6 is 0 Å². The third-order valence-electron chi connectivity index (χ3n) is 4.04. The Bertz CT molecular complexity index is 950. The third kappa shape index (κ3) is 4.77. The summed E-state index contributed by atoms with van der Waals surface area (Å²) in [6.07, 6.45) is 1.33. The standard InChI is InChI=1S/C21H19NO6/c23-18-9-5-4-8-16(18)15-10-19(28-12-15)20(24)22-17(21(25)26)13-27-11-14-6-2-1-3-7-14/h1-10,12,17,23H,11,13H2,(H,22,24)(H,25,26)/t17-/m0/s1. The number of hydrogen-bond donors (Lipinski definition) is 3. The fourth-order valence-electron chi connectivity index (χ4n) is 2.59. The number of benzene rings is 2. The van der Waals surface area contributed by atoms with Gasteiger partial charge in [0, 0.05) is 11.1 Å². The van der Waals surface area contributed by atoms with Gasteiger partial charge in [-0.3, -0.25) is 4.79 Å². The molecule has 1 amide bonds. The van der Waals surface area contributed by atoms with Crippen molar-refractivity contribution in [3.8, 4) is 16.9 Å². The highest BCUT2D eigenvalue weighted by molar-refractivity contribution is 5.95. The Hall–Kier alpha value is -3.58. The maximum absolute atomic E-state index is 12.3. The van der Waals surface area contributed by atoms with Crippen LogP contribution in [-0.4, -0.2) is 34.7 Å². The maximum atomic E-state index is 12.3. The topological polar surface area (TPSA) is 109 Å². The van der Waals surface area contributed by atoms with E-state index in [1.165, 1.54) is 18.4 Å². The van der Waals surface area contributed by atoms with Crippen LogP contribution in [-0.2, 0) is 16.1 Å². The second kappa shape index (κ2) is 8.88. The normalized spacial score (nSPS) is 11.7. The second-order valence-electron chi connectivity index (χ2n) is 6.08. The minimum Gasteiger partial charge on any atom is -0.507 e. The van der Waals surface area contributed by atoms with Crippen molar-refractivity contribution in [2.75, 3.05) is 6.61 Å². The molecule has 7 nitrogen and oxygen atoms in total. The number of aromatic hydroxyl groups is 1. The Morgan fingerprint density at radius 3 is 2.50 bits per heavy atom. The Labute approximate surface area is 161 Å². The summed E-state index contributed by atoms with van der Waals surface area (Å²) in [4.78, 5) is 23.8. The number of aliphatic carboxylic acids is 1. The van der Waals surface area contributed by atoms with E-state index in [1.807, 2.05) is 30.3 Å². The largest absolute Gasteiger partial charge is 0.507 e. The quantitative estimate of drug-likeness (QED) is 0.553. The minimum absolute atomic E-state index is 0.0491. The number of ether oxygens (including phenoxy) is 1. The lowest BCUT2D eigenvalue weighted by Gasteiger charge is -2.14. The van der Waals surface area contributed by atoms with Gasteiger partial charge in [0.2, 0.25) is 0 Å². The fraction of sp³-hybridized carbons (Fsp3) is 0.143. The van der Waals surface area contributed by atoms with Crippen molar-refractivity contribution >= 4 is 11.9 Å². The summed E-state index contributed by atoms with van der Waals surface area (Å²) in [5, 5.41) is 21.6. The average molecular weight is 381 g/mol. The first-order valence-electron chi connectivity index (χ1n) is 8.57. The van der Waals surface area contributed by atoms with Gasteiger partial charge in [-0.1, -0.05) is 48.5 Å². The van der Waals surface area contributed by atoms with Gasteiger partial charge in [-0.15, -0.1) is 0 Å². The molecular formula is C21H19NO6. The molecular weight excluding hydrogens is 362 g/mol. The van der Waals surface area contributed by atoms with Gasteiger partial charge in [0.15, 0.2) is 11.8 Å². The van der Waals surface area contributed by atoms with Gasteiger partial charge >= 0.3 is 5.97 Å². The highest BCUT2D eigenvalue weighted by Crippen LogP contribution is 2.30. The van der Waals surface area contributed by atoms with Gasteiger partial charge in [-0.05, 0) is 17.7 Å². The molecule has 3 rings (SSSR count). The molecule has 1 aromatic heterocycles. The zero-order valence-electron chi connectivity index (χ0n) is 14.9. The summed E-state index contributed by atoms with van der Waals surface area (Å²) in [6.45, 7) is 0.0433. The zero-order valence-corrected chi connectivity index (χ0v) is 14.9. The summed E-state index contributed by atoms with van der Waals surface area (Å²) in [5.74, 6) is -1.91. The van der Waals surface area contributed by atoms with E-state index in [1.54, 1.807) is 18.2 Å². The van der Waals surface area contributed by atoms with Crippen molar-refractivity contribution in [1.82, 2.24) is 5.32 Å². The van der Waals surface area contributed by atoms with Gasteiger partial charge in [-0.25, -0.2) is 4.79 Å². The summed E-state index contributed by atoms with van der Waals surface area (Å²) in [6, 6.07) is 16.1. The summed E-state index contributed by atoms with van der Waals surface area (Å²) < 4.78 is 10.6. The zero-order chi connectivity index (χ0) is 19.9. The molecule has 7 heteroatoms. The van der Waals surface area contributed by atoms with Gasteiger partial charge in [-0.2, -0.15) is 0 Å². The van der Waals surface area contributed by atoms with Crippen LogP contribution in [0, 0.1) is 0 Å². The number of amides is 1. The number of carbonyl (C=O) groups is 2. The van der Waals surface area contributed by atoms with Crippen molar-refractivity contribution in [3.63, 3.8) is 0 Å². The number of rotatable bonds is 8. The number of carboxylic acid groups (broad SMARTS) is 1. The number of furan rings is 1. The molecule has 3 N–H and O–H groups in total. The molecule has 2 aromatic carbocycles. The smallest absolute Gasteiger partial charge is 0.328 e. The number of carbonyl (C=O) groups excluding carboxylic acids is 1. The van der Waals surface area contributed by atoms with E-state index in [4.69, 9.17) is 9.15 Å². The molecule has 0 aliphatic carbocycles. The Morgan fingerprint density at radius 1 is 1.07 bits per heavy atom. The molecule has 0 fully saturated rings. The molecule has 0 unspecified atom stereocenters. The summed E-state index contributed by atoms with van der Waals surface area (Å²) in [5.41, 5.74) is 1.91. The number of phenolic OH excluding ortho intramolecular Hbond substituents is 1. The molecule has 3 aromatic rings.